The third kappa shape index (κ3) is 0.745. The van der Waals surface area contributed by atoms with E-state index < -0.39 is 0 Å². The molecule has 0 unspecified atom stereocenters. The van der Waals surface area contributed by atoms with Gasteiger partial charge in [-0.25, -0.2) is 0 Å². The van der Waals surface area contributed by atoms with Gasteiger partial charge in [0.15, 0.2) is 0 Å². The second kappa shape index (κ2) is 1.87. The van der Waals surface area contributed by atoms with Gasteiger partial charge >= 0.3 is 0 Å². The first kappa shape index (κ1) is 5.03. The summed E-state index contributed by atoms with van der Waals surface area (Å²) in [6.07, 6.45) is 5.69. The van der Waals surface area contributed by atoms with Gasteiger partial charge in [0.2, 0.25) is 0 Å². The normalized spacial score (nSPS) is 19.6. The molecule has 1 saturated carbocycles. The molecule has 1 aliphatic rings. The molecular weight excluding hydrogens is 112 g/mol. The van der Waals surface area contributed by atoms with Crippen LogP contribution >= 0.6 is 0 Å². The van der Waals surface area contributed by atoms with E-state index in [1.54, 1.807) is 6.20 Å². The van der Waals surface area contributed by atoms with E-state index in [0.29, 0.717) is 0 Å². The van der Waals surface area contributed by atoms with Gasteiger partial charge in [-0.3, -0.25) is 5.10 Å². The summed E-state index contributed by atoms with van der Waals surface area (Å²) in [4.78, 5) is 0. The molecule has 0 amide bonds. The molecule has 1 heterocycles. The van der Waals surface area contributed by atoms with Gasteiger partial charge in [0.05, 0.1) is 0 Å². The molecule has 0 saturated heterocycles. The molecule has 1 N–H and O–H groups in total. The van der Waals surface area contributed by atoms with Crippen molar-refractivity contribution in [2.24, 2.45) is 0 Å². The van der Waals surface area contributed by atoms with E-state index in [1.807, 2.05) is 6.07 Å². The summed E-state index contributed by atoms with van der Waals surface area (Å²) in [7, 11) is 0. The van der Waals surface area contributed by atoms with Crippen molar-refractivity contribution in [1.82, 2.24) is 10.2 Å². The molecule has 9 heavy (non-hydrogen) atoms. The largest absolute Gasteiger partial charge is 0.282 e. The molecule has 1 aromatic rings. The van der Waals surface area contributed by atoms with E-state index in [2.05, 4.69) is 10.2 Å². The Bertz CT molecular complexity index is 175. The lowest BCUT2D eigenvalue weighted by atomic mass is 9.83. The van der Waals surface area contributed by atoms with Crippen LogP contribution in [0.3, 0.4) is 0 Å². The van der Waals surface area contributed by atoms with Crippen molar-refractivity contribution >= 4 is 0 Å². The zero-order chi connectivity index (χ0) is 6.10. The van der Waals surface area contributed by atoms with E-state index >= 15 is 0 Å². The monoisotopic (exact) mass is 121 g/mol. The zero-order valence-electron chi connectivity index (χ0n) is 5.22. The Kier molecular flexibility index (Phi) is 1.04. The first-order chi connectivity index (χ1) is 4.47. The average molecular weight is 121 g/mol. The number of nitrogens with zero attached hydrogens (tertiary/aromatic N) is 1. The SMILES string of the molecule is c1cc([C]2CCC2)[nH]n1. The molecule has 0 aromatic carbocycles. The Labute approximate surface area is 54.3 Å². The van der Waals surface area contributed by atoms with E-state index in [9.17, 15) is 0 Å². The Balaban J connectivity index is 2.14. The number of rotatable bonds is 1. The highest BCUT2D eigenvalue weighted by molar-refractivity contribution is 5.24. The molecule has 0 bridgehead atoms. The third-order valence-corrected chi connectivity index (χ3v) is 1.84. The van der Waals surface area contributed by atoms with Gasteiger partial charge in [-0.2, -0.15) is 5.10 Å². The van der Waals surface area contributed by atoms with Gasteiger partial charge in [-0.05, 0) is 18.9 Å². The number of aromatic amines is 1. The first-order valence-corrected chi connectivity index (χ1v) is 3.31. The summed E-state index contributed by atoms with van der Waals surface area (Å²) in [5.41, 5.74) is 1.24. The number of hydrogen-bond acceptors (Lipinski definition) is 1. The maximum atomic E-state index is 3.88. The minimum Gasteiger partial charge on any atom is -0.282 e. The predicted octanol–water partition coefficient (Wildman–Crippen LogP) is 1.52. The van der Waals surface area contributed by atoms with Crippen LogP contribution in [-0.2, 0) is 0 Å². The zero-order valence-corrected chi connectivity index (χ0v) is 5.22. The molecule has 1 radical (unpaired) electrons. The van der Waals surface area contributed by atoms with Crippen LogP contribution in [0.1, 0.15) is 25.0 Å². The first-order valence-electron chi connectivity index (χ1n) is 3.31. The van der Waals surface area contributed by atoms with Gasteiger partial charge in [-0.1, -0.05) is 6.42 Å². The fraction of sp³-hybridized carbons (Fsp3) is 0.429. The van der Waals surface area contributed by atoms with Crippen LogP contribution in [0.5, 0.6) is 0 Å². The lowest BCUT2D eigenvalue weighted by Gasteiger charge is -2.22. The fourth-order valence-corrected chi connectivity index (χ4v) is 1.08. The molecule has 1 fully saturated rings. The molecule has 2 nitrogen and oxygen atoms in total. The van der Waals surface area contributed by atoms with Crippen molar-refractivity contribution in [2.45, 2.75) is 19.3 Å². The number of hydrogen-bond donors (Lipinski definition) is 1. The fourth-order valence-electron chi connectivity index (χ4n) is 1.08. The smallest absolute Gasteiger partial charge is 0.0490 e. The Hall–Kier alpha value is -0.790. The van der Waals surface area contributed by atoms with Crippen molar-refractivity contribution in [3.8, 4) is 0 Å². The maximum Gasteiger partial charge on any atom is 0.0490 e. The van der Waals surface area contributed by atoms with E-state index in [-0.39, 0.29) is 0 Å². The Morgan fingerprint density at radius 2 is 2.33 bits per heavy atom. The topological polar surface area (TPSA) is 28.7 Å². The highest BCUT2D eigenvalue weighted by atomic mass is 15.1. The molecule has 2 rings (SSSR count). The van der Waals surface area contributed by atoms with Gasteiger partial charge in [-0.15, -0.1) is 0 Å². The minimum atomic E-state index is 1.24. The molecular formula is C7H9N2. The van der Waals surface area contributed by atoms with Crippen LogP contribution in [-0.4, -0.2) is 10.2 Å². The standard InChI is InChI=1S/C7H9N2/c1-2-6(3-1)7-4-5-8-9-7/h4-5H,1-3H2,(H,8,9). The second-order valence-electron chi connectivity index (χ2n) is 2.43. The van der Waals surface area contributed by atoms with Crippen LogP contribution in [0.2, 0.25) is 0 Å². The number of nitrogens with one attached hydrogen (secondary N) is 1. The lowest BCUT2D eigenvalue weighted by molar-refractivity contribution is 0.568. The average Bonchev–Trinajstić information content (AvgIpc) is 2.11. The second-order valence-corrected chi connectivity index (χ2v) is 2.43. The molecule has 47 valence electrons. The van der Waals surface area contributed by atoms with Gasteiger partial charge < -0.3 is 0 Å². The number of aromatic nitrogens is 2. The predicted molar refractivity (Wildman–Crippen MR) is 34.8 cm³/mol. The summed E-state index contributed by atoms with van der Waals surface area (Å²) in [5, 5.41) is 6.83. The Morgan fingerprint density at radius 1 is 1.44 bits per heavy atom. The van der Waals surface area contributed by atoms with Crippen molar-refractivity contribution in [1.29, 1.82) is 0 Å². The summed E-state index contributed by atoms with van der Waals surface area (Å²) in [6.45, 7) is 0. The van der Waals surface area contributed by atoms with Crippen LogP contribution in [0.4, 0.5) is 0 Å². The molecule has 1 aromatic heterocycles. The van der Waals surface area contributed by atoms with Crippen molar-refractivity contribution in [2.75, 3.05) is 0 Å². The van der Waals surface area contributed by atoms with Crippen LogP contribution in [0.15, 0.2) is 12.3 Å². The minimum absolute atomic E-state index is 1.24. The van der Waals surface area contributed by atoms with Gasteiger partial charge in [0.1, 0.15) is 0 Å². The van der Waals surface area contributed by atoms with E-state index in [1.165, 1.54) is 30.9 Å². The number of H-pyrrole nitrogens is 1. The highest BCUT2D eigenvalue weighted by Crippen LogP contribution is 2.33. The highest BCUT2D eigenvalue weighted by Gasteiger charge is 2.20. The molecule has 1 aliphatic carbocycles. The van der Waals surface area contributed by atoms with Crippen LogP contribution < -0.4 is 0 Å². The summed E-state index contributed by atoms with van der Waals surface area (Å²) >= 11 is 0. The summed E-state index contributed by atoms with van der Waals surface area (Å²) in [6, 6.07) is 2.04. The maximum absolute atomic E-state index is 3.88. The van der Waals surface area contributed by atoms with Crippen LogP contribution in [0.25, 0.3) is 0 Å². The molecule has 0 atom stereocenters. The quantitative estimate of drug-likeness (QED) is 0.599. The van der Waals surface area contributed by atoms with Gasteiger partial charge in [0, 0.05) is 17.8 Å². The summed E-state index contributed by atoms with van der Waals surface area (Å²) < 4.78 is 0. The lowest BCUT2D eigenvalue weighted by Crippen LogP contribution is -2.09. The summed E-state index contributed by atoms with van der Waals surface area (Å²) in [5.74, 6) is 1.53. The van der Waals surface area contributed by atoms with Crippen LogP contribution in [0, 0.1) is 5.92 Å². The molecule has 0 spiro atoms. The van der Waals surface area contributed by atoms with E-state index in [0.717, 1.165) is 0 Å². The van der Waals surface area contributed by atoms with Crippen molar-refractivity contribution in [3.05, 3.63) is 23.9 Å². The van der Waals surface area contributed by atoms with E-state index in [4.69, 9.17) is 0 Å². The molecule has 0 aliphatic heterocycles. The van der Waals surface area contributed by atoms with Crippen molar-refractivity contribution < 1.29 is 0 Å². The Morgan fingerprint density at radius 3 is 2.78 bits per heavy atom. The molecule has 2 heteroatoms. The van der Waals surface area contributed by atoms with Gasteiger partial charge in [0.25, 0.3) is 0 Å². The van der Waals surface area contributed by atoms with Crippen molar-refractivity contribution in [3.63, 3.8) is 0 Å². The third-order valence-electron chi connectivity index (χ3n) is 1.84.